The Morgan fingerprint density at radius 3 is 3.00 bits per heavy atom. The Labute approximate surface area is 88.4 Å². The maximum atomic E-state index is 5.42. The fraction of sp³-hybridized carbons (Fsp3) is 0.875. The number of nitrogens with two attached hydrogens (primary N) is 1. The van der Waals surface area contributed by atoms with Gasteiger partial charge in [0.1, 0.15) is 0 Å². The van der Waals surface area contributed by atoms with Gasteiger partial charge in [-0.3, -0.25) is 0 Å². The third kappa shape index (κ3) is 3.63. The maximum Gasteiger partial charge on any atom is 0.161 e. The lowest BCUT2D eigenvalue weighted by Gasteiger charge is -2.02. The van der Waals surface area contributed by atoms with E-state index < -0.39 is 0 Å². The molecule has 1 aromatic rings. The quantitative estimate of drug-likeness (QED) is 0.677. The van der Waals surface area contributed by atoms with Gasteiger partial charge in [0.15, 0.2) is 5.82 Å². The van der Waals surface area contributed by atoms with Crippen LogP contribution in [0.3, 0.4) is 0 Å². The lowest BCUT2D eigenvalue weighted by Crippen LogP contribution is -2.07. The Morgan fingerprint density at radius 2 is 2.29 bits per heavy atom. The van der Waals surface area contributed by atoms with E-state index in [9.17, 15) is 0 Å². The summed E-state index contributed by atoms with van der Waals surface area (Å²) >= 11 is 1.83. The minimum atomic E-state index is 0.737. The van der Waals surface area contributed by atoms with Crippen molar-refractivity contribution in [2.45, 2.75) is 32.1 Å². The maximum absolute atomic E-state index is 5.42. The van der Waals surface area contributed by atoms with Crippen molar-refractivity contribution in [2.75, 3.05) is 12.3 Å². The number of tetrazole rings is 1. The van der Waals surface area contributed by atoms with Crippen molar-refractivity contribution < 1.29 is 0 Å². The van der Waals surface area contributed by atoms with Crippen LogP contribution in [0.25, 0.3) is 0 Å². The van der Waals surface area contributed by atoms with Crippen molar-refractivity contribution >= 4 is 11.8 Å². The van der Waals surface area contributed by atoms with Gasteiger partial charge in [0.05, 0.1) is 5.75 Å². The van der Waals surface area contributed by atoms with Gasteiger partial charge in [-0.1, -0.05) is 6.92 Å². The smallest absolute Gasteiger partial charge is 0.161 e. The zero-order valence-electron chi connectivity index (χ0n) is 8.52. The number of hydrogen-bond acceptors (Lipinski definition) is 5. The number of aryl methyl sites for hydroxylation is 1. The first-order valence-electron chi connectivity index (χ1n) is 4.91. The molecule has 0 amide bonds. The summed E-state index contributed by atoms with van der Waals surface area (Å²) in [5.41, 5.74) is 5.42. The van der Waals surface area contributed by atoms with Gasteiger partial charge >= 0.3 is 0 Å². The molecule has 0 atom stereocenters. The predicted octanol–water partition coefficient (Wildman–Crippen LogP) is 0.665. The number of rotatable bonds is 7. The highest BCUT2D eigenvalue weighted by atomic mass is 32.2. The van der Waals surface area contributed by atoms with Crippen molar-refractivity contribution in [2.24, 2.45) is 5.73 Å². The van der Waals surface area contributed by atoms with E-state index in [4.69, 9.17) is 5.73 Å². The number of nitrogens with zero attached hydrogens (tertiary/aromatic N) is 4. The van der Waals surface area contributed by atoms with Gasteiger partial charge in [0.2, 0.25) is 0 Å². The first-order chi connectivity index (χ1) is 6.88. The average molecular weight is 215 g/mol. The third-order valence-electron chi connectivity index (χ3n) is 1.87. The van der Waals surface area contributed by atoms with E-state index in [1.807, 2.05) is 16.4 Å². The Balaban J connectivity index is 2.37. The average Bonchev–Trinajstić information content (AvgIpc) is 2.63. The van der Waals surface area contributed by atoms with Crippen LogP contribution in [0, 0.1) is 0 Å². The summed E-state index contributed by atoms with van der Waals surface area (Å²) < 4.78 is 1.87. The van der Waals surface area contributed by atoms with E-state index in [-0.39, 0.29) is 0 Å². The van der Waals surface area contributed by atoms with Crippen LogP contribution in [-0.2, 0) is 12.3 Å². The van der Waals surface area contributed by atoms with Crippen LogP contribution in [0.15, 0.2) is 0 Å². The van der Waals surface area contributed by atoms with Crippen molar-refractivity contribution in [1.82, 2.24) is 20.2 Å². The highest BCUT2D eigenvalue weighted by molar-refractivity contribution is 7.98. The molecule has 0 bridgehead atoms. The highest BCUT2D eigenvalue weighted by Crippen LogP contribution is 2.08. The zero-order valence-corrected chi connectivity index (χ0v) is 9.33. The molecular weight excluding hydrogens is 198 g/mol. The van der Waals surface area contributed by atoms with E-state index in [0.29, 0.717) is 0 Å². The van der Waals surface area contributed by atoms with Crippen LogP contribution in [0.5, 0.6) is 0 Å². The molecule has 1 heterocycles. The number of aromatic nitrogens is 4. The van der Waals surface area contributed by atoms with Crippen LogP contribution < -0.4 is 5.73 Å². The Morgan fingerprint density at radius 1 is 1.43 bits per heavy atom. The first-order valence-corrected chi connectivity index (χ1v) is 6.06. The lowest BCUT2D eigenvalue weighted by atomic mass is 10.3. The van der Waals surface area contributed by atoms with Crippen LogP contribution >= 0.6 is 11.8 Å². The molecule has 1 aromatic heterocycles. The van der Waals surface area contributed by atoms with Gasteiger partial charge in [-0.25, -0.2) is 4.68 Å². The minimum absolute atomic E-state index is 0.737. The first kappa shape index (κ1) is 11.5. The summed E-state index contributed by atoms with van der Waals surface area (Å²) in [5.74, 6) is 2.95. The summed E-state index contributed by atoms with van der Waals surface area (Å²) in [5, 5.41) is 11.6. The summed E-state index contributed by atoms with van der Waals surface area (Å²) in [6.07, 6.45) is 2.07. The Bertz CT molecular complexity index is 250. The third-order valence-corrected chi connectivity index (χ3v) is 2.74. The number of thioether (sulfide) groups is 1. The largest absolute Gasteiger partial charge is 0.330 e. The van der Waals surface area contributed by atoms with E-state index in [0.717, 1.165) is 43.3 Å². The van der Waals surface area contributed by atoms with Gasteiger partial charge in [-0.05, 0) is 35.6 Å². The van der Waals surface area contributed by atoms with Gasteiger partial charge < -0.3 is 5.73 Å². The molecular formula is C8H17N5S. The van der Waals surface area contributed by atoms with Crippen molar-refractivity contribution in [1.29, 1.82) is 0 Å². The molecule has 0 aliphatic heterocycles. The molecule has 1 rings (SSSR count). The molecule has 0 aliphatic rings. The molecule has 0 saturated carbocycles. The van der Waals surface area contributed by atoms with Crippen molar-refractivity contribution in [3.63, 3.8) is 0 Å². The molecule has 0 aliphatic carbocycles. The standard InChI is InChI=1S/C8H17N5S/c1-2-14-7-8-10-11-12-13(8)6-4-3-5-9/h2-7,9H2,1H3. The summed E-state index contributed by atoms with van der Waals surface area (Å²) in [7, 11) is 0. The van der Waals surface area contributed by atoms with Crippen LogP contribution in [0.4, 0.5) is 0 Å². The zero-order chi connectivity index (χ0) is 10.2. The molecule has 0 aromatic carbocycles. The normalized spacial score (nSPS) is 10.7. The van der Waals surface area contributed by atoms with Crippen LogP contribution in [0.1, 0.15) is 25.6 Å². The highest BCUT2D eigenvalue weighted by Gasteiger charge is 2.04. The second-order valence-electron chi connectivity index (χ2n) is 2.95. The molecule has 2 N–H and O–H groups in total. The summed E-state index contributed by atoms with van der Waals surface area (Å²) in [4.78, 5) is 0. The Kier molecular flexibility index (Phi) is 5.55. The summed E-state index contributed by atoms with van der Waals surface area (Å²) in [6, 6.07) is 0. The number of unbranched alkanes of at least 4 members (excludes halogenated alkanes) is 1. The van der Waals surface area contributed by atoms with Crippen molar-refractivity contribution in [3.05, 3.63) is 5.82 Å². The minimum Gasteiger partial charge on any atom is -0.330 e. The van der Waals surface area contributed by atoms with Gasteiger partial charge in [0, 0.05) is 6.54 Å². The predicted molar refractivity (Wildman–Crippen MR) is 57.9 cm³/mol. The Hall–Kier alpha value is -0.620. The van der Waals surface area contributed by atoms with Crippen LogP contribution in [0.2, 0.25) is 0 Å². The molecule has 0 fully saturated rings. The molecule has 0 spiro atoms. The molecule has 5 nitrogen and oxygen atoms in total. The van der Waals surface area contributed by atoms with Crippen molar-refractivity contribution in [3.8, 4) is 0 Å². The second kappa shape index (κ2) is 6.78. The van der Waals surface area contributed by atoms with Crippen LogP contribution in [-0.4, -0.2) is 32.5 Å². The van der Waals surface area contributed by atoms with E-state index >= 15 is 0 Å². The van der Waals surface area contributed by atoms with E-state index in [1.165, 1.54) is 0 Å². The molecule has 0 unspecified atom stereocenters. The van der Waals surface area contributed by atoms with E-state index in [1.54, 1.807) is 0 Å². The molecule has 80 valence electrons. The van der Waals surface area contributed by atoms with Gasteiger partial charge in [0.25, 0.3) is 0 Å². The molecule has 6 heteroatoms. The molecule has 0 radical (unpaired) electrons. The second-order valence-corrected chi connectivity index (χ2v) is 4.23. The SMILES string of the molecule is CCSCc1nnnn1CCCCN. The fourth-order valence-electron chi connectivity index (χ4n) is 1.10. The lowest BCUT2D eigenvalue weighted by molar-refractivity contribution is 0.532. The molecule has 0 saturated heterocycles. The fourth-order valence-corrected chi connectivity index (χ4v) is 1.69. The topological polar surface area (TPSA) is 69.6 Å². The molecule has 14 heavy (non-hydrogen) atoms. The monoisotopic (exact) mass is 215 g/mol. The van der Waals surface area contributed by atoms with Gasteiger partial charge in [-0.2, -0.15) is 11.8 Å². The van der Waals surface area contributed by atoms with E-state index in [2.05, 4.69) is 22.4 Å². The summed E-state index contributed by atoms with van der Waals surface area (Å²) in [6.45, 7) is 3.75. The number of hydrogen-bond donors (Lipinski definition) is 1. The van der Waals surface area contributed by atoms with Gasteiger partial charge in [-0.15, -0.1) is 5.10 Å².